The summed E-state index contributed by atoms with van der Waals surface area (Å²) in [5.74, 6) is 1.53. The number of ether oxygens (including phenoxy) is 1. The molecule has 0 saturated heterocycles. The molecule has 112 valence electrons. The first-order valence-electron chi connectivity index (χ1n) is 7.28. The first kappa shape index (κ1) is 14.3. The van der Waals surface area contributed by atoms with Gasteiger partial charge in [-0.25, -0.2) is 0 Å². The number of rotatable bonds is 2. The molecule has 5 nitrogen and oxygen atoms in total. The Balaban J connectivity index is 1.98. The first-order chi connectivity index (χ1) is 10.6. The summed E-state index contributed by atoms with van der Waals surface area (Å²) in [6.07, 6.45) is 0.929. The Morgan fingerprint density at radius 1 is 1.23 bits per heavy atom. The lowest BCUT2D eigenvalue weighted by molar-refractivity contribution is 0.413. The van der Waals surface area contributed by atoms with Crippen LogP contribution in [0.4, 0.5) is 5.82 Å². The molecule has 0 bridgehead atoms. The highest BCUT2D eigenvalue weighted by Crippen LogP contribution is 2.29. The van der Waals surface area contributed by atoms with E-state index in [-0.39, 0.29) is 0 Å². The summed E-state index contributed by atoms with van der Waals surface area (Å²) in [5.41, 5.74) is 4.88. The zero-order chi connectivity index (χ0) is 15.7. The fourth-order valence-corrected chi connectivity index (χ4v) is 2.79. The molecular formula is C17H18N4O. The standard InChI is InChI=1S/C17H18N4O/c1-11-12(2)19-20-17(16(11)9-18)21-7-6-13-4-5-15(22-3)8-14(13)10-21/h4-5,8H,6-7,10H2,1-3H3. The van der Waals surface area contributed by atoms with Crippen LogP contribution in [-0.4, -0.2) is 23.9 Å². The molecule has 2 aromatic rings. The third kappa shape index (κ3) is 2.37. The van der Waals surface area contributed by atoms with Crippen molar-refractivity contribution >= 4 is 5.82 Å². The van der Waals surface area contributed by atoms with Crippen molar-refractivity contribution < 1.29 is 4.74 Å². The molecule has 3 rings (SSSR count). The Labute approximate surface area is 130 Å². The zero-order valence-electron chi connectivity index (χ0n) is 13.1. The highest BCUT2D eigenvalue weighted by molar-refractivity contribution is 5.59. The van der Waals surface area contributed by atoms with Crippen molar-refractivity contribution in [2.45, 2.75) is 26.8 Å². The van der Waals surface area contributed by atoms with Crippen molar-refractivity contribution in [3.63, 3.8) is 0 Å². The van der Waals surface area contributed by atoms with Crippen LogP contribution < -0.4 is 9.64 Å². The second-order valence-electron chi connectivity index (χ2n) is 5.53. The van der Waals surface area contributed by atoms with E-state index < -0.39 is 0 Å². The number of aromatic nitrogens is 2. The lowest BCUT2D eigenvalue weighted by Crippen LogP contribution is -2.32. The highest BCUT2D eigenvalue weighted by Gasteiger charge is 2.22. The number of fused-ring (bicyclic) bond motifs is 1. The number of aryl methyl sites for hydroxylation is 1. The molecular weight excluding hydrogens is 276 g/mol. The molecule has 0 spiro atoms. The van der Waals surface area contributed by atoms with Gasteiger partial charge < -0.3 is 9.64 Å². The SMILES string of the molecule is COc1ccc2c(c1)CN(c1nnc(C)c(C)c1C#N)CC2. The van der Waals surface area contributed by atoms with Gasteiger partial charge in [-0.3, -0.25) is 0 Å². The maximum Gasteiger partial charge on any atom is 0.169 e. The number of hydrogen-bond acceptors (Lipinski definition) is 5. The molecule has 22 heavy (non-hydrogen) atoms. The van der Waals surface area contributed by atoms with Gasteiger partial charge in [-0.15, -0.1) is 5.10 Å². The van der Waals surface area contributed by atoms with E-state index in [0.29, 0.717) is 11.4 Å². The van der Waals surface area contributed by atoms with Crippen LogP contribution in [0.2, 0.25) is 0 Å². The Bertz CT molecular complexity index is 764. The molecule has 0 radical (unpaired) electrons. The molecule has 1 aliphatic rings. The van der Waals surface area contributed by atoms with Gasteiger partial charge in [-0.05, 0) is 49.1 Å². The summed E-state index contributed by atoms with van der Waals surface area (Å²) in [4.78, 5) is 2.12. The summed E-state index contributed by atoms with van der Waals surface area (Å²) < 4.78 is 5.30. The van der Waals surface area contributed by atoms with E-state index in [2.05, 4.69) is 33.3 Å². The normalized spacial score (nSPS) is 13.5. The van der Waals surface area contributed by atoms with E-state index >= 15 is 0 Å². The van der Waals surface area contributed by atoms with Crippen LogP contribution in [0.15, 0.2) is 18.2 Å². The zero-order valence-corrected chi connectivity index (χ0v) is 13.1. The predicted octanol–water partition coefficient (Wildman–Crippen LogP) is 2.54. The van der Waals surface area contributed by atoms with Crippen LogP contribution in [-0.2, 0) is 13.0 Å². The third-order valence-corrected chi connectivity index (χ3v) is 4.27. The van der Waals surface area contributed by atoms with Crippen molar-refractivity contribution in [3.8, 4) is 11.8 Å². The number of benzene rings is 1. The van der Waals surface area contributed by atoms with Gasteiger partial charge in [-0.2, -0.15) is 10.4 Å². The number of anilines is 1. The molecule has 0 aliphatic carbocycles. The van der Waals surface area contributed by atoms with Gasteiger partial charge in [0.1, 0.15) is 17.4 Å². The molecule has 0 fully saturated rings. The number of nitrogens with zero attached hydrogens (tertiary/aromatic N) is 4. The summed E-state index contributed by atoms with van der Waals surface area (Å²) in [7, 11) is 1.67. The summed E-state index contributed by atoms with van der Waals surface area (Å²) >= 11 is 0. The van der Waals surface area contributed by atoms with Crippen LogP contribution >= 0.6 is 0 Å². The van der Waals surface area contributed by atoms with E-state index in [1.807, 2.05) is 19.9 Å². The second kappa shape index (κ2) is 5.64. The molecule has 2 heterocycles. The van der Waals surface area contributed by atoms with Crippen LogP contribution in [0.25, 0.3) is 0 Å². The van der Waals surface area contributed by atoms with Crippen molar-refractivity contribution in [1.29, 1.82) is 5.26 Å². The van der Waals surface area contributed by atoms with Gasteiger partial charge in [0.2, 0.25) is 0 Å². The molecule has 0 saturated carbocycles. The molecule has 0 amide bonds. The van der Waals surface area contributed by atoms with Crippen molar-refractivity contribution in [3.05, 3.63) is 46.1 Å². The Kier molecular flexibility index (Phi) is 3.68. The number of nitriles is 1. The lowest BCUT2D eigenvalue weighted by Gasteiger charge is -2.30. The third-order valence-electron chi connectivity index (χ3n) is 4.27. The summed E-state index contributed by atoms with van der Waals surface area (Å²) in [6, 6.07) is 8.44. The minimum Gasteiger partial charge on any atom is -0.497 e. The quantitative estimate of drug-likeness (QED) is 0.851. The Hall–Kier alpha value is -2.61. The van der Waals surface area contributed by atoms with E-state index in [0.717, 1.165) is 36.5 Å². The summed E-state index contributed by atoms with van der Waals surface area (Å²) in [5, 5.41) is 17.9. The van der Waals surface area contributed by atoms with Gasteiger partial charge in [0, 0.05) is 13.1 Å². The molecule has 0 unspecified atom stereocenters. The van der Waals surface area contributed by atoms with E-state index in [9.17, 15) is 5.26 Å². The fraction of sp³-hybridized carbons (Fsp3) is 0.353. The molecule has 1 aromatic heterocycles. The average molecular weight is 294 g/mol. The van der Waals surface area contributed by atoms with Crippen molar-refractivity contribution in [2.75, 3.05) is 18.6 Å². The second-order valence-corrected chi connectivity index (χ2v) is 5.53. The monoisotopic (exact) mass is 294 g/mol. The van der Waals surface area contributed by atoms with Gasteiger partial charge in [-0.1, -0.05) is 6.07 Å². The lowest BCUT2D eigenvalue weighted by atomic mass is 9.98. The predicted molar refractivity (Wildman–Crippen MR) is 84.0 cm³/mol. The maximum atomic E-state index is 9.47. The highest BCUT2D eigenvalue weighted by atomic mass is 16.5. The Morgan fingerprint density at radius 2 is 2.05 bits per heavy atom. The van der Waals surface area contributed by atoms with Gasteiger partial charge in [0.05, 0.1) is 12.8 Å². The number of hydrogen-bond donors (Lipinski definition) is 0. The smallest absolute Gasteiger partial charge is 0.169 e. The van der Waals surface area contributed by atoms with E-state index in [1.54, 1.807) is 7.11 Å². The van der Waals surface area contributed by atoms with Crippen LogP contribution in [0.3, 0.4) is 0 Å². The van der Waals surface area contributed by atoms with Crippen LogP contribution in [0.1, 0.15) is 27.9 Å². The average Bonchev–Trinajstić information content (AvgIpc) is 2.56. The summed E-state index contributed by atoms with van der Waals surface area (Å²) in [6.45, 7) is 5.36. The molecule has 1 aromatic carbocycles. The fourth-order valence-electron chi connectivity index (χ4n) is 2.79. The topological polar surface area (TPSA) is 62.0 Å². The van der Waals surface area contributed by atoms with Crippen LogP contribution in [0.5, 0.6) is 5.75 Å². The first-order valence-corrected chi connectivity index (χ1v) is 7.28. The number of methoxy groups -OCH3 is 1. The molecule has 1 aliphatic heterocycles. The minimum atomic E-state index is 0.624. The van der Waals surface area contributed by atoms with E-state index in [4.69, 9.17) is 4.74 Å². The Morgan fingerprint density at radius 3 is 2.77 bits per heavy atom. The van der Waals surface area contributed by atoms with Gasteiger partial charge in [0.25, 0.3) is 0 Å². The maximum absolute atomic E-state index is 9.47. The minimum absolute atomic E-state index is 0.624. The van der Waals surface area contributed by atoms with Crippen molar-refractivity contribution in [2.24, 2.45) is 0 Å². The van der Waals surface area contributed by atoms with Crippen LogP contribution in [0, 0.1) is 25.2 Å². The van der Waals surface area contributed by atoms with Crippen molar-refractivity contribution in [1.82, 2.24) is 10.2 Å². The molecule has 0 atom stereocenters. The van der Waals surface area contributed by atoms with E-state index in [1.165, 1.54) is 11.1 Å². The van der Waals surface area contributed by atoms with Gasteiger partial charge in [0.15, 0.2) is 5.82 Å². The molecule has 0 N–H and O–H groups in total. The largest absolute Gasteiger partial charge is 0.497 e. The molecule has 5 heteroatoms. The van der Waals surface area contributed by atoms with Gasteiger partial charge >= 0.3 is 0 Å².